The van der Waals surface area contributed by atoms with E-state index in [1.807, 2.05) is 0 Å². The Bertz CT molecular complexity index is 1460. The molecule has 1 atom stereocenters. The minimum Gasteiger partial charge on any atom is -0.485 e. The monoisotopic (exact) mass is 548 g/mol. The summed E-state index contributed by atoms with van der Waals surface area (Å²) in [5, 5.41) is 11.7. The summed E-state index contributed by atoms with van der Waals surface area (Å²) < 4.78 is 63.0. The molecule has 4 rings (SSSR count). The molecule has 13 heteroatoms. The number of carbonyl (C=O) groups excluding carboxylic acids is 1. The summed E-state index contributed by atoms with van der Waals surface area (Å²) in [6.07, 6.45) is 0.124. The third-order valence-corrected chi connectivity index (χ3v) is 6.76. The molecule has 1 N–H and O–H groups in total. The van der Waals surface area contributed by atoms with Gasteiger partial charge in [0.25, 0.3) is 11.0 Å². The fourth-order valence-corrected chi connectivity index (χ4v) is 4.56. The summed E-state index contributed by atoms with van der Waals surface area (Å²) in [6.45, 7) is -0.597. The van der Waals surface area contributed by atoms with E-state index in [-0.39, 0.29) is 36.8 Å². The summed E-state index contributed by atoms with van der Waals surface area (Å²) in [7, 11) is -3.42. The van der Waals surface area contributed by atoms with Crippen molar-refractivity contribution in [2.75, 3.05) is 26.0 Å². The van der Waals surface area contributed by atoms with Gasteiger partial charge in [0.15, 0.2) is 21.3 Å². The molecule has 1 aliphatic rings. The van der Waals surface area contributed by atoms with Gasteiger partial charge in [0, 0.05) is 18.9 Å². The summed E-state index contributed by atoms with van der Waals surface area (Å²) >= 11 is 0. The summed E-state index contributed by atoms with van der Waals surface area (Å²) in [6, 6.07) is 12.5. The molecule has 38 heavy (non-hydrogen) atoms. The molecular formula is C25H22F2N2O8S. The van der Waals surface area contributed by atoms with Gasteiger partial charge in [-0.3, -0.25) is 4.79 Å². The average Bonchev–Trinajstić information content (AvgIpc) is 2.84. The molecule has 1 amide bonds. The zero-order chi connectivity index (χ0) is 27.4. The minimum absolute atomic E-state index is 0.0869. The molecule has 1 aliphatic heterocycles. The van der Waals surface area contributed by atoms with Gasteiger partial charge in [-0.2, -0.15) is 0 Å². The Hall–Kier alpha value is -4.26. The third kappa shape index (κ3) is 6.54. The number of nitrogens with zero attached hydrogens (tertiary/aromatic N) is 1. The first-order valence-electron chi connectivity index (χ1n) is 11.3. The van der Waals surface area contributed by atoms with Gasteiger partial charge in [-0.05, 0) is 65.1 Å². The van der Waals surface area contributed by atoms with E-state index in [2.05, 4.69) is 10.2 Å². The van der Waals surface area contributed by atoms with Crippen LogP contribution in [0.3, 0.4) is 0 Å². The molecule has 0 saturated carbocycles. The normalized spacial score (nSPS) is 14.6. The fraction of sp³-hybridized carbons (Fsp3) is 0.240. The second-order valence-electron chi connectivity index (χ2n) is 8.47. The van der Waals surface area contributed by atoms with Crippen LogP contribution < -0.4 is 14.8 Å². The van der Waals surface area contributed by atoms with Crippen LogP contribution in [0.1, 0.15) is 11.1 Å². The Balaban J connectivity index is 1.65. The number of sulfone groups is 1. The maximum atomic E-state index is 13.9. The molecule has 3 aromatic rings. The highest BCUT2D eigenvalue weighted by molar-refractivity contribution is 7.90. The van der Waals surface area contributed by atoms with Crippen LogP contribution in [0.4, 0.5) is 8.78 Å². The molecular weight excluding hydrogens is 526 g/mol. The van der Waals surface area contributed by atoms with E-state index in [0.717, 1.165) is 12.3 Å². The lowest BCUT2D eigenvalue weighted by atomic mass is 9.94. The molecule has 0 saturated heterocycles. The highest BCUT2D eigenvalue weighted by atomic mass is 32.2. The lowest BCUT2D eigenvalue weighted by Crippen LogP contribution is -2.45. The molecule has 0 fully saturated rings. The van der Waals surface area contributed by atoms with Gasteiger partial charge < -0.3 is 19.6 Å². The van der Waals surface area contributed by atoms with Crippen LogP contribution in [0.5, 0.6) is 11.5 Å². The number of hydrogen-bond acceptors (Lipinski definition) is 8. The standard InChI is InChI=1S/C25H22F2N2O8S/c1-38(33,34)20-4-2-16(3-5-20)21-13-22-23(11-17(21)8-15-9-18(26)12-19(27)10-15)37-24(14-35-22)25(30)28-6-7-36-29(31)32/h2-5,9-13,24H,6-8,14H2,1H3,(H,28,30). The van der Waals surface area contributed by atoms with E-state index in [1.165, 1.54) is 24.3 Å². The number of benzene rings is 3. The first-order chi connectivity index (χ1) is 18.0. The van der Waals surface area contributed by atoms with Crippen LogP contribution in [0.2, 0.25) is 0 Å². The van der Waals surface area contributed by atoms with Crippen molar-refractivity contribution in [2.45, 2.75) is 17.4 Å². The predicted octanol–water partition coefficient (Wildman–Crippen LogP) is 3.09. The summed E-state index contributed by atoms with van der Waals surface area (Å²) in [5.41, 5.74) is 2.15. The molecule has 1 unspecified atom stereocenters. The molecule has 0 aliphatic carbocycles. The van der Waals surface area contributed by atoms with Crippen LogP contribution in [0, 0.1) is 21.7 Å². The molecule has 0 spiro atoms. The van der Waals surface area contributed by atoms with Crippen LogP contribution in [0.15, 0.2) is 59.5 Å². The van der Waals surface area contributed by atoms with Crippen LogP contribution in [0.25, 0.3) is 11.1 Å². The maximum absolute atomic E-state index is 13.9. The SMILES string of the molecule is CS(=O)(=O)c1ccc(-c2cc3c(cc2Cc2cc(F)cc(F)c2)OC(C(=O)NCCO[N+](=O)[O-])CO3)cc1. The predicted molar refractivity (Wildman–Crippen MR) is 130 cm³/mol. The Morgan fingerprint density at radius 3 is 2.42 bits per heavy atom. The van der Waals surface area contributed by atoms with Crippen molar-refractivity contribution in [1.82, 2.24) is 5.32 Å². The molecule has 0 aromatic heterocycles. The van der Waals surface area contributed by atoms with Crippen LogP contribution in [-0.4, -0.2) is 51.5 Å². The number of carbonyl (C=O) groups is 1. The van der Waals surface area contributed by atoms with E-state index in [9.17, 15) is 32.1 Å². The molecule has 0 radical (unpaired) electrons. The molecule has 1 heterocycles. The molecule has 200 valence electrons. The number of amides is 1. The van der Waals surface area contributed by atoms with Crippen molar-refractivity contribution in [1.29, 1.82) is 0 Å². The van der Waals surface area contributed by atoms with Gasteiger partial charge in [0.05, 0.1) is 4.90 Å². The lowest BCUT2D eigenvalue weighted by Gasteiger charge is -2.27. The number of nitrogens with one attached hydrogen (secondary N) is 1. The van der Waals surface area contributed by atoms with Crippen LogP contribution in [-0.2, 0) is 25.9 Å². The fourth-order valence-electron chi connectivity index (χ4n) is 3.93. The largest absolute Gasteiger partial charge is 0.485 e. The van der Waals surface area contributed by atoms with Gasteiger partial charge in [-0.1, -0.05) is 12.1 Å². The number of fused-ring (bicyclic) bond motifs is 1. The first-order valence-corrected chi connectivity index (χ1v) is 13.2. The Labute approximate surface area is 216 Å². The average molecular weight is 549 g/mol. The van der Waals surface area contributed by atoms with Crippen molar-refractivity contribution >= 4 is 15.7 Å². The van der Waals surface area contributed by atoms with Gasteiger partial charge in [0.1, 0.15) is 24.8 Å². The second kappa shape index (κ2) is 11.0. The van der Waals surface area contributed by atoms with E-state index in [1.54, 1.807) is 24.3 Å². The van der Waals surface area contributed by atoms with E-state index in [4.69, 9.17) is 9.47 Å². The smallest absolute Gasteiger partial charge is 0.294 e. The summed E-state index contributed by atoms with van der Waals surface area (Å²) in [5.74, 6) is -1.54. The highest BCUT2D eigenvalue weighted by Crippen LogP contribution is 2.40. The van der Waals surface area contributed by atoms with E-state index in [0.29, 0.717) is 28.0 Å². The Kier molecular flexibility index (Phi) is 7.76. The molecule has 3 aromatic carbocycles. The molecule has 10 nitrogen and oxygen atoms in total. The first kappa shape index (κ1) is 26.8. The number of rotatable bonds is 9. The number of hydrogen-bond donors (Lipinski definition) is 1. The zero-order valence-electron chi connectivity index (χ0n) is 20.0. The third-order valence-electron chi connectivity index (χ3n) is 5.63. The van der Waals surface area contributed by atoms with Crippen molar-refractivity contribution in [3.8, 4) is 22.6 Å². The van der Waals surface area contributed by atoms with E-state index < -0.39 is 38.6 Å². The number of ether oxygens (including phenoxy) is 2. The Morgan fingerprint density at radius 1 is 1.11 bits per heavy atom. The number of halogens is 2. The van der Waals surface area contributed by atoms with Crippen molar-refractivity contribution in [3.05, 3.63) is 87.5 Å². The zero-order valence-corrected chi connectivity index (χ0v) is 20.8. The van der Waals surface area contributed by atoms with Gasteiger partial charge >= 0.3 is 0 Å². The highest BCUT2D eigenvalue weighted by Gasteiger charge is 2.29. The van der Waals surface area contributed by atoms with Gasteiger partial charge in [0.2, 0.25) is 6.10 Å². The van der Waals surface area contributed by atoms with Gasteiger partial charge in [-0.15, -0.1) is 10.1 Å². The lowest BCUT2D eigenvalue weighted by molar-refractivity contribution is -0.757. The molecule has 0 bridgehead atoms. The quantitative estimate of drug-likeness (QED) is 0.245. The topological polar surface area (TPSA) is 134 Å². The van der Waals surface area contributed by atoms with Crippen molar-refractivity contribution in [3.63, 3.8) is 0 Å². The van der Waals surface area contributed by atoms with Crippen molar-refractivity contribution in [2.24, 2.45) is 0 Å². The van der Waals surface area contributed by atoms with Crippen molar-refractivity contribution < 1.29 is 41.4 Å². The summed E-state index contributed by atoms with van der Waals surface area (Å²) in [4.78, 5) is 26.9. The van der Waals surface area contributed by atoms with Gasteiger partial charge in [-0.25, -0.2) is 17.2 Å². The second-order valence-corrected chi connectivity index (χ2v) is 10.5. The maximum Gasteiger partial charge on any atom is 0.294 e. The minimum atomic E-state index is -3.42. The van der Waals surface area contributed by atoms with E-state index >= 15 is 0 Å². The Morgan fingerprint density at radius 2 is 1.79 bits per heavy atom. The van der Waals surface area contributed by atoms with Crippen LogP contribution >= 0.6 is 0 Å².